The van der Waals surface area contributed by atoms with Crippen molar-refractivity contribution in [1.29, 1.82) is 0 Å². The molecular formula is C12H24N4O. The first-order chi connectivity index (χ1) is 8.15. The summed E-state index contributed by atoms with van der Waals surface area (Å²) in [6.45, 7) is 9.85. The van der Waals surface area contributed by atoms with Crippen LogP contribution in [0.2, 0.25) is 0 Å². The van der Waals surface area contributed by atoms with Crippen molar-refractivity contribution in [2.45, 2.75) is 46.4 Å². The maximum Gasteiger partial charge on any atom is 0.0892 e. The van der Waals surface area contributed by atoms with Gasteiger partial charge in [-0.1, -0.05) is 13.8 Å². The zero-order chi connectivity index (χ0) is 12.8. The summed E-state index contributed by atoms with van der Waals surface area (Å²) < 4.78 is 7.74. The Hall–Kier alpha value is -0.910. The lowest BCUT2D eigenvalue weighted by Gasteiger charge is -2.29. The lowest BCUT2D eigenvalue weighted by atomic mass is 9.97. The minimum absolute atomic E-state index is 0.0302. The highest BCUT2D eigenvalue weighted by Gasteiger charge is 2.27. The highest BCUT2D eigenvalue weighted by Crippen LogP contribution is 2.24. The van der Waals surface area contributed by atoms with Crippen LogP contribution in [0.3, 0.4) is 0 Å². The van der Waals surface area contributed by atoms with E-state index in [-0.39, 0.29) is 12.1 Å². The second kappa shape index (κ2) is 6.74. The molecule has 0 aliphatic carbocycles. The van der Waals surface area contributed by atoms with E-state index in [9.17, 15) is 0 Å². The van der Waals surface area contributed by atoms with Gasteiger partial charge in [0.25, 0.3) is 0 Å². The van der Waals surface area contributed by atoms with Crippen molar-refractivity contribution in [3.63, 3.8) is 0 Å². The molecule has 1 aromatic heterocycles. The first-order valence-corrected chi connectivity index (χ1v) is 6.25. The number of aromatic nitrogens is 2. The lowest BCUT2D eigenvalue weighted by Crippen LogP contribution is -2.41. The van der Waals surface area contributed by atoms with Gasteiger partial charge in [0, 0.05) is 19.3 Å². The average Bonchev–Trinajstić information content (AvgIpc) is 2.77. The Labute approximate surface area is 103 Å². The third kappa shape index (κ3) is 3.28. The molecule has 0 amide bonds. The SMILES string of the molecule is CCOC(C(C)C)C(NN)c1ccnn1CC. The second-order valence-electron chi connectivity index (χ2n) is 4.38. The topological polar surface area (TPSA) is 65.1 Å². The predicted octanol–water partition coefficient (Wildman–Crippen LogP) is 1.47. The zero-order valence-corrected chi connectivity index (χ0v) is 11.2. The second-order valence-corrected chi connectivity index (χ2v) is 4.38. The van der Waals surface area contributed by atoms with Crippen LogP contribution in [-0.2, 0) is 11.3 Å². The van der Waals surface area contributed by atoms with E-state index in [0.717, 1.165) is 12.2 Å². The minimum atomic E-state index is -0.0302. The largest absolute Gasteiger partial charge is 0.376 e. The fourth-order valence-corrected chi connectivity index (χ4v) is 2.09. The van der Waals surface area contributed by atoms with Crippen LogP contribution in [0.25, 0.3) is 0 Å². The van der Waals surface area contributed by atoms with E-state index < -0.39 is 0 Å². The van der Waals surface area contributed by atoms with Crippen LogP contribution in [0.5, 0.6) is 0 Å². The van der Waals surface area contributed by atoms with Crippen LogP contribution in [0.15, 0.2) is 12.3 Å². The molecule has 1 aromatic rings. The predicted molar refractivity (Wildman–Crippen MR) is 68.2 cm³/mol. The van der Waals surface area contributed by atoms with Gasteiger partial charge in [0.2, 0.25) is 0 Å². The van der Waals surface area contributed by atoms with Crippen molar-refractivity contribution in [1.82, 2.24) is 15.2 Å². The van der Waals surface area contributed by atoms with Gasteiger partial charge in [0.1, 0.15) is 0 Å². The van der Waals surface area contributed by atoms with Gasteiger partial charge in [0.15, 0.2) is 0 Å². The summed E-state index contributed by atoms with van der Waals surface area (Å²) in [5, 5.41) is 4.27. The van der Waals surface area contributed by atoms with Gasteiger partial charge >= 0.3 is 0 Å². The molecule has 2 unspecified atom stereocenters. The minimum Gasteiger partial charge on any atom is -0.376 e. The summed E-state index contributed by atoms with van der Waals surface area (Å²) >= 11 is 0. The molecule has 0 saturated heterocycles. The summed E-state index contributed by atoms with van der Waals surface area (Å²) in [7, 11) is 0. The monoisotopic (exact) mass is 240 g/mol. The third-order valence-corrected chi connectivity index (χ3v) is 2.89. The van der Waals surface area contributed by atoms with Gasteiger partial charge in [-0.15, -0.1) is 0 Å². The van der Waals surface area contributed by atoms with E-state index in [1.807, 2.05) is 17.7 Å². The van der Waals surface area contributed by atoms with Crippen molar-refractivity contribution < 1.29 is 4.74 Å². The van der Waals surface area contributed by atoms with Crippen molar-refractivity contribution in [3.8, 4) is 0 Å². The molecule has 0 aromatic carbocycles. The Bertz CT molecular complexity index is 324. The molecule has 0 bridgehead atoms. The van der Waals surface area contributed by atoms with Crippen LogP contribution in [0.1, 0.15) is 39.4 Å². The Morgan fingerprint density at radius 3 is 2.65 bits per heavy atom. The summed E-state index contributed by atoms with van der Waals surface area (Å²) in [6.07, 6.45) is 1.85. The van der Waals surface area contributed by atoms with Crippen molar-refractivity contribution in [2.24, 2.45) is 11.8 Å². The number of aryl methyl sites for hydroxylation is 1. The van der Waals surface area contributed by atoms with E-state index in [2.05, 4.69) is 31.3 Å². The average molecular weight is 240 g/mol. The van der Waals surface area contributed by atoms with E-state index in [4.69, 9.17) is 10.6 Å². The van der Waals surface area contributed by atoms with Crippen LogP contribution < -0.4 is 11.3 Å². The molecule has 0 radical (unpaired) electrons. The van der Waals surface area contributed by atoms with E-state index >= 15 is 0 Å². The van der Waals surface area contributed by atoms with Crippen molar-refractivity contribution in [3.05, 3.63) is 18.0 Å². The Morgan fingerprint density at radius 2 is 2.18 bits per heavy atom. The molecule has 2 atom stereocenters. The first-order valence-electron chi connectivity index (χ1n) is 6.25. The van der Waals surface area contributed by atoms with Crippen molar-refractivity contribution >= 4 is 0 Å². The summed E-state index contributed by atoms with van der Waals surface area (Å²) in [5.74, 6) is 6.07. The molecule has 0 saturated carbocycles. The number of nitrogens with one attached hydrogen (secondary N) is 1. The van der Waals surface area contributed by atoms with Gasteiger partial charge in [-0.3, -0.25) is 10.5 Å². The third-order valence-electron chi connectivity index (χ3n) is 2.89. The molecule has 3 N–H and O–H groups in total. The molecule has 98 valence electrons. The number of rotatable bonds is 7. The fraction of sp³-hybridized carbons (Fsp3) is 0.750. The zero-order valence-electron chi connectivity index (χ0n) is 11.2. The van der Waals surface area contributed by atoms with Crippen LogP contribution in [0, 0.1) is 5.92 Å². The maximum absolute atomic E-state index is 5.80. The molecule has 1 rings (SSSR count). The van der Waals surface area contributed by atoms with Crippen LogP contribution in [-0.4, -0.2) is 22.5 Å². The molecule has 5 nitrogen and oxygen atoms in total. The molecular weight excluding hydrogens is 216 g/mol. The number of ether oxygens (including phenoxy) is 1. The Kier molecular flexibility index (Phi) is 5.61. The van der Waals surface area contributed by atoms with Gasteiger partial charge in [-0.2, -0.15) is 5.10 Å². The highest BCUT2D eigenvalue weighted by molar-refractivity contribution is 5.09. The summed E-state index contributed by atoms with van der Waals surface area (Å²) in [6, 6.07) is 1.96. The van der Waals surface area contributed by atoms with Gasteiger partial charge < -0.3 is 4.74 Å². The standard InChI is InChI=1S/C12H24N4O/c1-5-16-10(7-8-14-16)11(15-13)12(9(3)4)17-6-2/h7-9,11-12,15H,5-6,13H2,1-4H3. The number of hydrogen-bond acceptors (Lipinski definition) is 4. The highest BCUT2D eigenvalue weighted by atomic mass is 16.5. The van der Waals surface area contributed by atoms with Crippen molar-refractivity contribution in [2.75, 3.05) is 6.61 Å². The van der Waals surface area contributed by atoms with Crippen LogP contribution >= 0.6 is 0 Å². The first kappa shape index (κ1) is 14.2. The number of nitrogens with two attached hydrogens (primary N) is 1. The lowest BCUT2D eigenvalue weighted by molar-refractivity contribution is 0.000719. The molecule has 0 aliphatic heterocycles. The summed E-state index contributed by atoms with van der Waals surface area (Å²) in [5.41, 5.74) is 3.93. The fourth-order valence-electron chi connectivity index (χ4n) is 2.09. The number of hydrogen-bond donors (Lipinski definition) is 2. The van der Waals surface area contributed by atoms with E-state index in [1.54, 1.807) is 6.20 Å². The number of hydrazine groups is 1. The number of nitrogens with zero attached hydrogens (tertiary/aromatic N) is 2. The smallest absolute Gasteiger partial charge is 0.0892 e. The Balaban J connectivity index is 2.95. The summed E-state index contributed by atoms with van der Waals surface area (Å²) in [4.78, 5) is 0. The maximum atomic E-state index is 5.80. The van der Waals surface area contributed by atoms with Gasteiger partial charge in [-0.05, 0) is 25.8 Å². The molecule has 17 heavy (non-hydrogen) atoms. The Morgan fingerprint density at radius 1 is 1.47 bits per heavy atom. The van der Waals surface area contributed by atoms with E-state index in [0.29, 0.717) is 12.5 Å². The van der Waals surface area contributed by atoms with E-state index in [1.165, 1.54) is 0 Å². The van der Waals surface area contributed by atoms with Gasteiger partial charge in [0.05, 0.1) is 17.8 Å². The van der Waals surface area contributed by atoms with Gasteiger partial charge in [-0.25, -0.2) is 5.43 Å². The quantitative estimate of drug-likeness (QED) is 0.559. The molecule has 5 heteroatoms. The normalized spacial score (nSPS) is 15.2. The van der Waals surface area contributed by atoms with Crippen LogP contribution in [0.4, 0.5) is 0 Å². The molecule has 1 heterocycles. The molecule has 0 fully saturated rings. The molecule has 0 aliphatic rings. The molecule has 0 spiro atoms.